The quantitative estimate of drug-likeness (QED) is 0.619. The zero-order chi connectivity index (χ0) is 16.3. The number of fused-ring (bicyclic) bond motifs is 5. The van der Waals surface area contributed by atoms with Crippen molar-refractivity contribution in [2.75, 3.05) is 4.90 Å². The molecule has 2 aliphatic carbocycles. The molecule has 1 aromatic carbocycles. The third kappa shape index (κ3) is 1.75. The normalized spacial score (nSPS) is 33.6. The van der Waals surface area contributed by atoms with Gasteiger partial charge in [-0.05, 0) is 25.5 Å². The number of carbonyl (C=O) groups is 2. The van der Waals surface area contributed by atoms with Crippen LogP contribution in [0.15, 0.2) is 47.6 Å². The number of imide groups is 1. The molecule has 118 valence electrons. The average Bonchev–Trinajstić information content (AvgIpc) is 3.18. The van der Waals surface area contributed by atoms with Crippen molar-refractivity contribution >= 4 is 17.5 Å². The minimum Gasteiger partial charge on any atom is -0.274 e. The minimum atomic E-state index is -0.532. The van der Waals surface area contributed by atoms with Crippen molar-refractivity contribution in [3.63, 3.8) is 0 Å². The molecule has 4 atom stereocenters. The highest BCUT2D eigenvalue weighted by atomic mass is 19.1. The Morgan fingerprint density at radius 2 is 1.65 bits per heavy atom. The number of hydrogen-bond acceptors (Lipinski definition) is 2. The summed E-state index contributed by atoms with van der Waals surface area (Å²) in [5.74, 6) is -1.79. The molecule has 1 saturated carbocycles. The number of halogens is 1. The van der Waals surface area contributed by atoms with Crippen molar-refractivity contribution < 1.29 is 14.0 Å². The molecule has 1 aliphatic heterocycles. The number of amides is 2. The van der Waals surface area contributed by atoms with E-state index in [4.69, 9.17) is 0 Å². The van der Waals surface area contributed by atoms with Crippen LogP contribution in [-0.4, -0.2) is 11.8 Å². The third-order valence-corrected chi connectivity index (χ3v) is 5.53. The number of carbonyl (C=O) groups excluding carboxylic acids is 2. The summed E-state index contributed by atoms with van der Waals surface area (Å²) in [4.78, 5) is 26.8. The van der Waals surface area contributed by atoms with E-state index in [0.717, 1.165) is 11.3 Å². The SMILES string of the molecule is CCC(C)=C1[C@H]2C=C[C@H]1[C@H]1C(=O)N(c3ccccc3F)C(=O)[C@H]12. The summed E-state index contributed by atoms with van der Waals surface area (Å²) in [7, 11) is 0. The van der Waals surface area contributed by atoms with Gasteiger partial charge in [0.25, 0.3) is 0 Å². The first-order valence-electron chi connectivity index (χ1n) is 8.06. The molecule has 0 spiro atoms. The summed E-state index contributed by atoms with van der Waals surface area (Å²) in [5, 5.41) is 0. The topological polar surface area (TPSA) is 37.4 Å². The molecule has 4 rings (SSSR count). The second-order valence-electron chi connectivity index (χ2n) is 6.54. The molecule has 0 radical (unpaired) electrons. The highest BCUT2D eigenvalue weighted by Gasteiger charge is 2.62. The van der Waals surface area contributed by atoms with E-state index in [1.807, 2.05) is 0 Å². The average molecular weight is 311 g/mol. The van der Waals surface area contributed by atoms with Gasteiger partial charge in [0, 0.05) is 11.8 Å². The lowest BCUT2D eigenvalue weighted by Crippen LogP contribution is -2.34. The Labute approximate surface area is 134 Å². The second kappa shape index (κ2) is 4.88. The number of para-hydroxylation sites is 1. The van der Waals surface area contributed by atoms with Crippen molar-refractivity contribution in [2.45, 2.75) is 20.3 Å². The van der Waals surface area contributed by atoms with E-state index in [1.165, 1.54) is 23.3 Å². The van der Waals surface area contributed by atoms with Gasteiger partial charge in [-0.15, -0.1) is 0 Å². The van der Waals surface area contributed by atoms with Crippen molar-refractivity contribution in [3.05, 3.63) is 53.4 Å². The summed E-state index contributed by atoms with van der Waals surface area (Å²) in [5.41, 5.74) is 2.57. The first-order chi connectivity index (χ1) is 11.1. The second-order valence-corrected chi connectivity index (χ2v) is 6.54. The van der Waals surface area contributed by atoms with Crippen LogP contribution in [0, 0.1) is 29.5 Å². The molecule has 4 heteroatoms. The third-order valence-electron chi connectivity index (χ3n) is 5.53. The molecule has 23 heavy (non-hydrogen) atoms. The number of benzene rings is 1. The van der Waals surface area contributed by atoms with Crippen LogP contribution in [0.25, 0.3) is 0 Å². The fourth-order valence-electron chi connectivity index (χ4n) is 4.41. The molecule has 2 fully saturated rings. The Hall–Kier alpha value is -2.23. The molecule has 1 saturated heterocycles. The Bertz CT molecular complexity index is 745. The monoisotopic (exact) mass is 311 g/mol. The van der Waals surface area contributed by atoms with Crippen LogP contribution >= 0.6 is 0 Å². The standard InChI is InChI=1S/C19H18FNO2/c1-3-10(2)15-11-8-9-12(15)17-16(11)18(22)21(19(17)23)14-7-5-4-6-13(14)20/h4-9,11-12,16-17H,3H2,1-2H3/t11-,12-,16-,17+/m1/s1. The maximum atomic E-state index is 14.1. The lowest BCUT2D eigenvalue weighted by molar-refractivity contribution is -0.123. The molecule has 2 amide bonds. The van der Waals surface area contributed by atoms with Crippen LogP contribution in [0.1, 0.15) is 20.3 Å². The summed E-state index contributed by atoms with van der Waals surface area (Å²) < 4.78 is 14.1. The molecular weight excluding hydrogens is 293 g/mol. The van der Waals surface area contributed by atoms with Gasteiger partial charge in [-0.1, -0.05) is 42.4 Å². The molecule has 1 aromatic rings. The van der Waals surface area contributed by atoms with Crippen LogP contribution in [0.2, 0.25) is 0 Å². The van der Waals surface area contributed by atoms with E-state index < -0.39 is 5.82 Å². The number of hydrogen-bond donors (Lipinski definition) is 0. The van der Waals surface area contributed by atoms with Gasteiger partial charge >= 0.3 is 0 Å². The van der Waals surface area contributed by atoms with Gasteiger partial charge in [0.2, 0.25) is 11.8 Å². The molecule has 2 bridgehead atoms. The van der Waals surface area contributed by atoms with Gasteiger partial charge in [-0.2, -0.15) is 0 Å². The largest absolute Gasteiger partial charge is 0.274 e. The summed E-state index contributed by atoms with van der Waals surface area (Å²) in [6.07, 6.45) is 5.02. The Balaban J connectivity index is 1.78. The number of allylic oxidation sites excluding steroid dienone is 4. The molecule has 1 heterocycles. The predicted octanol–water partition coefficient (Wildman–Crippen LogP) is 3.47. The maximum Gasteiger partial charge on any atom is 0.238 e. The lowest BCUT2D eigenvalue weighted by atomic mass is 9.85. The van der Waals surface area contributed by atoms with E-state index in [0.29, 0.717) is 0 Å². The summed E-state index contributed by atoms with van der Waals surface area (Å²) in [6.45, 7) is 4.16. The van der Waals surface area contributed by atoms with Crippen molar-refractivity contribution in [3.8, 4) is 0 Å². The molecular formula is C19H18FNO2. The van der Waals surface area contributed by atoms with Crippen LogP contribution in [-0.2, 0) is 9.59 Å². The first-order valence-corrected chi connectivity index (χ1v) is 8.06. The van der Waals surface area contributed by atoms with Gasteiger partial charge in [0.1, 0.15) is 5.82 Å². The van der Waals surface area contributed by atoms with Crippen LogP contribution in [0.5, 0.6) is 0 Å². The van der Waals surface area contributed by atoms with E-state index in [-0.39, 0.29) is 41.2 Å². The van der Waals surface area contributed by atoms with E-state index in [9.17, 15) is 14.0 Å². The van der Waals surface area contributed by atoms with E-state index in [1.54, 1.807) is 12.1 Å². The highest BCUT2D eigenvalue weighted by Crippen LogP contribution is 2.57. The zero-order valence-corrected chi connectivity index (χ0v) is 13.1. The number of nitrogens with zero attached hydrogens (tertiary/aromatic N) is 1. The molecule has 0 aromatic heterocycles. The number of rotatable bonds is 2. The van der Waals surface area contributed by atoms with Gasteiger partial charge in [0.05, 0.1) is 17.5 Å². The molecule has 0 unspecified atom stereocenters. The molecule has 3 nitrogen and oxygen atoms in total. The van der Waals surface area contributed by atoms with Crippen molar-refractivity contribution in [1.82, 2.24) is 0 Å². The van der Waals surface area contributed by atoms with Gasteiger partial charge in [-0.3, -0.25) is 9.59 Å². The lowest BCUT2D eigenvalue weighted by Gasteiger charge is -2.20. The maximum absolute atomic E-state index is 14.1. The van der Waals surface area contributed by atoms with E-state index >= 15 is 0 Å². The van der Waals surface area contributed by atoms with Gasteiger partial charge in [-0.25, -0.2) is 9.29 Å². The van der Waals surface area contributed by atoms with Crippen molar-refractivity contribution in [1.29, 1.82) is 0 Å². The highest BCUT2D eigenvalue weighted by molar-refractivity contribution is 6.23. The predicted molar refractivity (Wildman–Crippen MR) is 85.0 cm³/mol. The van der Waals surface area contributed by atoms with Crippen LogP contribution < -0.4 is 4.90 Å². The van der Waals surface area contributed by atoms with Crippen LogP contribution in [0.3, 0.4) is 0 Å². The van der Waals surface area contributed by atoms with Gasteiger partial charge < -0.3 is 0 Å². The minimum absolute atomic E-state index is 0.00169. The van der Waals surface area contributed by atoms with E-state index in [2.05, 4.69) is 26.0 Å². The smallest absolute Gasteiger partial charge is 0.238 e. The summed E-state index contributed by atoms with van der Waals surface area (Å²) in [6, 6.07) is 5.98. The Kier molecular flexibility index (Phi) is 3.05. The fraction of sp³-hybridized carbons (Fsp3) is 0.368. The summed E-state index contributed by atoms with van der Waals surface area (Å²) >= 11 is 0. The first kappa shape index (κ1) is 14.4. The Morgan fingerprint density at radius 3 is 2.17 bits per heavy atom. The Morgan fingerprint density at radius 1 is 1.09 bits per heavy atom. The zero-order valence-electron chi connectivity index (χ0n) is 13.1. The fourth-order valence-corrected chi connectivity index (χ4v) is 4.41. The molecule has 0 N–H and O–H groups in total. The number of anilines is 1. The van der Waals surface area contributed by atoms with Gasteiger partial charge in [0.15, 0.2) is 0 Å². The molecule has 3 aliphatic rings. The van der Waals surface area contributed by atoms with Crippen molar-refractivity contribution in [2.24, 2.45) is 23.7 Å². The van der Waals surface area contributed by atoms with Crippen LogP contribution in [0.4, 0.5) is 10.1 Å².